The second-order valence-electron chi connectivity index (χ2n) is 7.45. The summed E-state index contributed by atoms with van der Waals surface area (Å²) >= 11 is 0. The topological polar surface area (TPSA) is 44.1 Å². The molecule has 0 amide bonds. The van der Waals surface area contributed by atoms with E-state index in [-0.39, 0.29) is 12.1 Å². The molecule has 1 saturated carbocycles. The molecule has 4 nitrogen and oxygen atoms in total. The summed E-state index contributed by atoms with van der Waals surface area (Å²) < 4.78 is 51.5. The van der Waals surface area contributed by atoms with E-state index in [0.29, 0.717) is 42.5 Å². The SMILES string of the molecule is CC(=O)OC1CCC(C(F)(F)CC2c3c(F)cccc3-c3cncn32)CC1. The average Bonchev–Trinajstić information content (AvgIpc) is 3.18. The molecule has 1 fully saturated rings. The number of aromatic nitrogens is 2. The van der Waals surface area contributed by atoms with E-state index in [1.54, 1.807) is 22.9 Å². The van der Waals surface area contributed by atoms with E-state index in [1.807, 2.05) is 0 Å². The first-order valence-corrected chi connectivity index (χ1v) is 9.22. The van der Waals surface area contributed by atoms with Gasteiger partial charge in [-0.25, -0.2) is 18.2 Å². The van der Waals surface area contributed by atoms with Gasteiger partial charge in [0.1, 0.15) is 11.9 Å². The third-order valence-electron chi connectivity index (χ3n) is 5.73. The summed E-state index contributed by atoms with van der Waals surface area (Å²) in [5.74, 6) is -4.59. The zero-order chi connectivity index (χ0) is 19.2. The number of rotatable bonds is 4. The Bertz CT molecular complexity index is 857. The van der Waals surface area contributed by atoms with Gasteiger partial charge in [-0.2, -0.15) is 0 Å². The van der Waals surface area contributed by atoms with Crippen molar-refractivity contribution in [3.63, 3.8) is 0 Å². The van der Waals surface area contributed by atoms with E-state index in [0.717, 1.165) is 0 Å². The summed E-state index contributed by atoms with van der Waals surface area (Å²) in [6.07, 6.45) is 3.79. The number of esters is 1. The molecular weight excluding hydrogens is 357 g/mol. The molecule has 1 atom stereocenters. The van der Waals surface area contributed by atoms with Crippen molar-refractivity contribution in [3.8, 4) is 11.3 Å². The van der Waals surface area contributed by atoms with Crippen LogP contribution in [0.15, 0.2) is 30.7 Å². The van der Waals surface area contributed by atoms with Gasteiger partial charge in [-0.15, -0.1) is 0 Å². The molecule has 1 aliphatic carbocycles. The van der Waals surface area contributed by atoms with Crippen LogP contribution < -0.4 is 0 Å². The van der Waals surface area contributed by atoms with Crippen LogP contribution in [-0.4, -0.2) is 27.5 Å². The summed E-state index contributed by atoms with van der Waals surface area (Å²) in [4.78, 5) is 15.1. The highest BCUT2D eigenvalue weighted by atomic mass is 19.3. The van der Waals surface area contributed by atoms with Gasteiger partial charge in [0.25, 0.3) is 5.92 Å². The fourth-order valence-corrected chi connectivity index (χ4v) is 4.46. The fourth-order valence-electron chi connectivity index (χ4n) is 4.46. The Kier molecular flexibility index (Phi) is 4.48. The molecule has 2 heterocycles. The molecule has 7 heteroatoms. The highest BCUT2D eigenvalue weighted by molar-refractivity contribution is 5.69. The summed E-state index contributed by atoms with van der Waals surface area (Å²) in [7, 11) is 0. The summed E-state index contributed by atoms with van der Waals surface area (Å²) in [6, 6.07) is 3.88. The third kappa shape index (κ3) is 3.24. The normalized spacial score (nSPS) is 24.4. The average molecular weight is 378 g/mol. The molecule has 0 bridgehead atoms. The van der Waals surface area contributed by atoms with Crippen LogP contribution in [0, 0.1) is 11.7 Å². The van der Waals surface area contributed by atoms with Crippen LogP contribution >= 0.6 is 0 Å². The lowest BCUT2D eigenvalue weighted by molar-refractivity contribution is -0.150. The largest absolute Gasteiger partial charge is 0.463 e. The molecule has 1 unspecified atom stereocenters. The molecule has 27 heavy (non-hydrogen) atoms. The number of hydrogen-bond donors (Lipinski definition) is 0. The molecule has 0 N–H and O–H groups in total. The van der Waals surface area contributed by atoms with Crippen LogP contribution in [0.5, 0.6) is 0 Å². The first-order chi connectivity index (χ1) is 12.9. The highest BCUT2D eigenvalue weighted by Gasteiger charge is 2.46. The van der Waals surface area contributed by atoms with Crippen LogP contribution in [0.1, 0.15) is 50.6 Å². The monoisotopic (exact) mass is 378 g/mol. The number of ether oxygens (including phenoxy) is 1. The van der Waals surface area contributed by atoms with Crippen molar-refractivity contribution >= 4 is 5.97 Å². The fraction of sp³-hybridized carbons (Fsp3) is 0.500. The Morgan fingerprint density at radius 1 is 1.30 bits per heavy atom. The van der Waals surface area contributed by atoms with Gasteiger partial charge in [0.2, 0.25) is 0 Å². The van der Waals surface area contributed by atoms with Gasteiger partial charge in [-0.3, -0.25) is 4.79 Å². The van der Waals surface area contributed by atoms with Crippen molar-refractivity contribution in [1.29, 1.82) is 0 Å². The van der Waals surface area contributed by atoms with Gasteiger partial charge >= 0.3 is 5.97 Å². The molecule has 2 aromatic rings. The number of imidazole rings is 1. The lowest BCUT2D eigenvalue weighted by atomic mass is 9.80. The quantitative estimate of drug-likeness (QED) is 0.722. The standard InChI is InChI=1S/C20H21F3N2O2/c1-12(26)27-14-7-5-13(6-8-14)20(22,23)9-17-19-15(3-2-4-16(19)21)18-10-24-11-25(17)18/h2-4,10-11,13-14,17H,5-9H2,1H3. The van der Waals surface area contributed by atoms with Crippen molar-refractivity contribution in [3.05, 3.63) is 42.1 Å². The number of alkyl halides is 2. The number of hydrogen-bond acceptors (Lipinski definition) is 3. The van der Waals surface area contributed by atoms with Gasteiger partial charge in [0.15, 0.2) is 0 Å². The number of nitrogens with zero attached hydrogens (tertiary/aromatic N) is 2. The highest BCUT2D eigenvalue weighted by Crippen LogP contribution is 2.48. The van der Waals surface area contributed by atoms with Gasteiger partial charge in [-0.05, 0) is 31.7 Å². The number of benzene rings is 1. The second kappa shape index (κ2) is 6.69. The van der Waals surface area contributed by atoms with Gasteiger partial charge < -0.3 is 9.30 Å². The van der Waals surface area contributed by atoms with Crippen molar-refractivity contribution in [2.75, 3.05) is 0 Å². The molecule has 4 rings (SSSR count). The number of halogens is 3. The molecular formula is C20H21F3N2O2. The molecule has 1 aromatic carbocycles. The maximum Gasteiger partial charge on any atom is 0.302 e. The number of carbonyl (C=O) groups excluding carboxylic acids is 1. The minimum absolute atomic E-state index is 0.278. The van der Waals surface area contributed by atoms with Crippen molar-refractivity contribution < 1.29 is 22.7 Å². The molecule has 2 aliphatic rings. The van der Waals surface area contributed by atoms with Crippen molar-refractivity contribution in [1.82, 2.24) is 9.55 Å². The molecule has 1 aliphatic heterocycles. The predicted molar refractivity (Wildman–Crippen MR) is 92.8 cm³/mol. The number of carbonyl (C=O) groups is 1. The van der Waals surface area contributed by atoms with E-state index in [9.17, 15) is 9.18 Å². The van der Waals surface area contributed by atoms with Gasteiger partial charge in [0, 0.05) is 30.4 Å². The molecule has 0 saturated heterocycles. The van der Waals surface area contributed by atoms with Crippen LogP contribution in [-0.2, 0) is 9.53 Å². The van der Waals surface area contributed by atoms with Gasteiger partial charge in [0.05, 0.1) is 24.3 Å². The Morgan fingerprint density at radius 3 is 2.74 bits per heavy atom. The van der Waals surface area contributed by atoms with Crippen molar-refractivity contribution in [2.24, 2.45) is 5.92 Å². The smallest absolute Gasteiger partial charge is 0.302 e. The van der Waals surface area contributed by atoms with Gasteiger partial charge in [-0.1, -0.05) is 12.1 Å². The van der Waals surface area contributed by atoms with E-state index in [4.69, 9.17) is 4.74 Å². The Morgan fingerprint density at radius 2 is 2.04 bits per heavy atom. The lowest BCUT2D eigenvalue weighted by Crippen LogP contribution is -2.36. The summed E-state index contributed by atoms with van der Waals surface area (Å²) in [6.45, 7) is 1.33. The zero-order valence-corrected chi connectivity index (χ0v) is 15.0. The zero-order valence-electron chi connectivity index (χ0n) is 15.0. The van der Waals surface area contributed by atoms with E-state index in [1.165, 1.54) is 19.3 Å². The van der Waals surface area contributed by atoms with Crippen molar-refractivity contribution in [2.45, 2.75) is 57.1 Å². The Balaban J connectivity index is 1.53. The minimum Gasteiger partial charge on any atom is -0.463 e. The predicted octanol–water partition coefficient (Wildman–Crippen LogP) is 4.74. The molecule has 0 spiro atoms. The third-order valence-corrected chi connectivity index (χ3v) is 5.73. The first kappa shape index (κ1) is 18.1. The van der Waals surface area contributed by atoms with Crippen LogP contribution in [0.4, 0.5) is 13.2 Å². The van der Waals surface area contributed by atoms with E-state index >= 15 is 8.78 Å². The Labute approximate surface area is 155 Å². The molecule has 144 valence electrons. The summed E-state index contributed by atoms with van der Waals surface area (Å²) in [5, 5.41) is 0. The minimum atomic E-state index is -2.95. The lowest BCUT2D eigenvalue weighted by Gasteiger charge is -2.34. The first-order valence-electron chi connectivity index (χ1n) is 9.22. The molecule has 0 radical (unpaired) electrons. The van der Waals surface area contributed by atoms with E-state index in [2.05, 4.69) is 4.98 Å². The Hall–Kier alpha value is -2.31. The van der Waals surface area contributed by atoms with Crippen LogP contribution in [0.2, 0.25) is 0 Å². The molecule has 1 aromatic heterocycles. The maximum atomic E-state index is 15.1. The van der Waals surface area contributed by atoms with Crippen LogP contribution in [0.25, 0.3) is 11.3 Å². The second-order valence-corrected chi connectivity index (χ2v) is 7.45. The summed E-state index contributed by atoms with van der Waals surface area (Å²) in [5.41, 5.74) is 1.62. The maximum absolute atomic E-state index is 15.1. The van der Waals surface area contributed by atoms with Crippen LogP contribution in [0.3, 0.4) is 0 Å². The van der Waals surface area contributed by atoms with E-state index < -0.39 is 30.1 Å². The number of fused-ring (bicyclic) bond motifs is 3.